The minimum Gasteiger partial charge on any atom is -0.463 e. The molecule has 0 aromatic carbocycles. The second-order valence-electron chi connectivity index (χ2n) is 9.80. The highest BCUT2D eigenvalue weighted by Crippen LogP contribution is 2.68. The molecule has 0 saturated heterocycles. The molecule has 0 spiro atoms. The molecule has 0 heterocycles. The molecule has 4 aliphatic rings. The second kappa shape index (κ2) is 6.04. The number of aliphatic hydroxyl groups excluding tert-OH is 1. The van der Waals surface area contributed by atoms with Crippen LogP contribution in [0.4, 0.5) is 0 Å². The molecule has 26 heavy (non-hydrogen) atoms. The van der Waals surface area contributed by atoms with Gasteiger partial charge in [-0.05, 0) is 61.7 Å². The van der Waals surface area contributed by atoms with E-state index in [4.69, 9.17) is 4.74 Å². The fourth-order valence-electron chi connectivity index (χ4n) is 7.30. The van der Waals surface area contributed by atoms with Crippen LogP contribution in [-0.2, 0) is 14.3 Å². The van der Waals surface area contributed by atoms with Gasteiger partial charge >= 0.3 is 5.97 Å². The van der Waals surface area contributed by atoms with Crippen molar-refractivity contribution in [3.63, 3.8) is 0 Å². The van der Waals surface area contributed by atoms with Crippen LogP contribution in [0.15, 0.2) is 0 Å². The van der Waals surface area contributed by atoms with Gasteiger partial charge in [0.25, 0.3) is 0 Å². The fraction of sp³-hybridized carbons (Fsp3) is 0.905. The SMILES string of the molecule is CC(=O)O[C@H]1CC[C@]2(C)C3CC[C@]4(C)C(=O)CCC4C3C[C@@H](O)[C@@]2(Br)C1. The van der Waals surface area contributed by atoms with Crippen molar-refractivity contribution in [2.24, 2.45) is 28.6 Å². The van der Waals surface area contributed by atoms with Gasteiger partial charge < -0.3 is 9.84 Å². The number of fused-ring (bicyclic) bond motifs is 5. The van der Waals surface area contributed by atoms with E-state index in [9.17, 15) is 14.7 Å². The van der Waals surface area contributed by atoms with Crippen molar-refractivity contribution >= 4 is 27.7 Å². The van der Waals surface area contributed by atoms with Gasteiger partial charge in [0.2, 0.25) is 0 Å². The maximum absolute atomic E-state index is 12.5. The lowest BCUT2D eigenvalue weighted by Crippen LogP contribution is -2.66. The third kappa shape index (κ3) is 2.41. The Kier molecular flexibility index (Phi) is 4.39. The van der Waals surface area contributed by atoms with Crippen LogP contribution in [0.25, 0.3) is 0 Å². The number of aliphatic hydroxyl groups is 1. The third-order valence-corrected chi connectivity index (χ3v) is 10.5. The molecule has 0 radical (unpaired) electrons. The van der Waals surface area contributed by atoms with E-state index < -0.39 is 10.4 Å². The molecule has 4 saturated carbocycles. The predicted octanol–water partition coefficient (Wildman–Crippen LogP) is 4.02. The Morgan fingerprint density at radius 3 is 2.62 bits per heavy atom. The van der Waals surface area contributed by atoms with Crippen molar-refractivity contribution in [2.45, 2.75) is 88.7 Å². The number of hydrogen-bond donors (Lipinski definition) is 1. The molecule has 1 N–H and O–H groups in total. The first kappa shape index (κ1) is 18.9. The minimum atomic E-state index is -0.467. The molecule has 4 rings (SSSR count). The summed E-state index contributed by atoms with van der Waals surface area (Å²) >= 11 is 3.98. The van der Waals surface area contributed by atoms with Gasteiger partial charge in [-0.3, -0.25) is 9.59 Å². The van der Waals surface area contributed by atoms with Crippen molar-refractivity contribution in [2.75, 3.05) is 0 Å². The number of carbonyl (C=O) groups is 2. The van der Waals surface area contributed by atoms with Crippen LogP contribution >= 0.6 is 15.9 Å². The molecule has 4 aliphatic carbocycles. The fourth-order valence-corrected chi connectivity index (χ4v) is 8.34. The zero-order valence-corrected chi connectivity index (χ0v) is 17.7. The number of ketones is 1. The topological polar surface area (TPSA) is 63.6 Å². The van der Waals surface area contributed by atoms with E-state index in [0.29, 0.717) is 36.4 Å². The summed E-state index contributed by atoms with van der Waals surface area (Å²) in [7, 11) is 0. The molecule has 5 heteroatoms. The van der Waals surface area contributed by atoms with Gasteiger partial charge in [-0.25, -0.2) is 0 Å². The number of carbonyl (C=O) groups excluding carboxylic acids is 2. The summed E-state index contributed by atoms with van der Waals surface area (Å²) < 4.78 is 5.10. The van der Waals surface area contributed by atoms with Gasteiger partial charge in [-0.2, -0.15) is 0 Å². The highest BCUT2D eigenvalue weighted by atomic mass is 79.9. The van der Waals surface area contributed by atoms with E-state index in [1.807, 2.05) is 0 Å². The Balaban J connectivity index is 1.65. The van der Waals surface area contributed by atoms with Crippen molar-refractivity contribution in [3.8, 4) is 0 Å². The first-order chi connectivity index (χ1) is 12.1. The zero-order valence-electron chi connectivity index (χ0n) is 16.1. The van der Waals surface area contributed by atoms with Crippen molar-refractivity contribution in [1.82, 2.24) is 0 Å². The maximum atomic E-state index is 12.5. The minimum absolute atomic E-state index is 0.0288. The molecule has 3 unspecified atom stereocenters. The second-order valence-corrected chi connectivity index (χ2v) is 11.2. The van der Waals surface area contributed by atoms with Gasteiger partial charge in [-0.1, -0.05) is 29.8 Å². The summed E-state index contributed by atoms with van der Waals surface area (Å²) in [5.74, 6) is 1.57. The molecule has 4 fully saturated rings. The standard InChI is InChI=1S/C21H31BrO4/c1-12(23)26-13-6-9-20(3)16-7-8-19(2)15(4-5-17(19)24)14(16)10-18(25)21(20,22)11-13/h13-16,18,25H,4-11H2,1-3H3/t13-,14?,15?,16?,18+,19-,20+,21-/m0/s1. The average molecular weight is 427 g/mol. The van der Waals surface area contributed by atoms with Crippen LogP contribution in [0.5, 0.6) is 0 Å². The summed E-state index contributed by atoms with van der Waals surface area (Å²) in [4.78, 5) is 24.0. The number of alkyl halides is 1. The van der Waals surface area contributed by atoms with E-state index in [-0.39, 0.29) is 22.9 Å². The highest BCUT2D eigenvalue weighted by molar-refractivity contribution is 9.10. The number of halogens is 1. The molecular weight excluding hydrogens is 396 g/mol. The Labute approximate surface area is 164 Å². The van der Waals surface area contributed by atoms with Crippen molar-refractivity contribution in [1.29, 1.82) is 0 Å². The van der Waals surface area contributed by atoms with Gasteiger partial charge in [0.1, 0.15) is 11.9 Å². The summed E-state index contributed by atoms with van der Waals surface area (Å²) in [6, 6.07) is 0. The highest BCUT2D eigenvalue weighted by Gasteiger charge is 2.67. The number of rotatable bonds is 1. The van der Waals surface area contributed by atoms with Crippen molar-refractivity contribution in [3.05, 3.63) is 0 Å². The Hall–Kier alpha value is -0.420. The first-order valence-electron chi connectivity index (χ1n) is 10.2. The van der Waals surface area contributed by atoms with E-state index in [1.165, 1.54) is 6.92 Å². The lowest BCUT2D eigenvalue weighted by Gasteiger charge is -2.65. The van der Waals surface area contributed by atoms with Crippen molar-refractivity contribution < 1.29 is 19.4 Å². The van der Waals surface area contributed by atoms with Gasteiger partial charge in [-0.15, -0.1) is 0 Å². The number of ether oxygens (including phenoxy) is 1. The average Bonchev–Trinajstić information content (AvgIpc) is 2.86. The predicted molar refractivity (Wildman–Crippen MR) is 102 cm³/mol. The van der Waals surface area contributed by atoms with Crippen LogP contribution in [0.2, 0.25) is 0 Å². The van der Waals surface area contributed by atoms with E-state index >= 15 is 0 Å². The molecular formula is C21H31BrO4. The van der Waals surface area contributed by atoms with E-state index in [2.05, 4.69) is 29.8 Å². The molecule has 8 atom stereocenters. The van der Waals surface area contributed by atoms with Crippen LogP contribution in [0, 0.1) is 28.6 Å². The summed E-state index contributed by atoms with van der Waals surface area (Å²) in [5, 5.41) is 11.2. The Morgan fingerprint density at radius 1 is 1.19 bits per heavy atom. The van der Waals surface area contributed by atoms with Gasteiger partial charge in [0.15, 0.2) is 0 Å². The summed E-state index contributed by atoms with van der Waals surface area (Å²) in [6.45, 7) is 5.96. The van der Waals surface area contributed by atoms with Gasteiger partial charge in [0, 0.05) is 25.2 Å². The van der Waals surface area contributed by atoms with E-state index in [0.717, 1.165) is 38.5 Å². The van der Waals surface area contributed by atoms with E-state index in [1.54, 1.807) is 0 Å². The third-order valence-electron chi connectivity index (χ3n) is 8.78. The van der Waals surface area contributed by atoms with Crippen LogP contribution in [0.3, 0.4) is 0 Å². The molecule has 0 aromatic heterocycles. The number of esters is 1. The Morgan fingerprint density at radius 2 is 1.92 bits per heavy atom. The molecule has 146 valence electrons. The smallest absolute Gasteiger partial charge is 0.302 e. The van der Waals surface area contributed by atoms with Crippen LogP contribution < -0.4 is 0 Å². The molecule has 4 nitrogen and oxygen atoms in total. The first-order valence-corrected chi connectivity index (χ1v) is 11.0. The lowest BCUT2D eigenvalue weighted by molar-refractivity contribution is -0.168. The molecule has 0 aliphatic heterocycles. The quantitative estimate of drug-likeness (QED) is 0.507. The van der Waals surface area contributed by atoms with Gasteiger partial charge in [0.05, 0.1) is 10.4 Å². The largest absolute Gasteiger partial charge is 0.463 e. The number of hydrogen-bond acceptors (Lipinski definition) is 4. The van der Waals surface area contributed by atoms with Crippen LogP contribution in [-0.4, -0.2) is 33.4 Å². The normalized spacial score (nSPS) is 53.4. The molecule has 0 amide bonds. The summed E-state index contributed by atoms with van der Waals surface area (Å²) in [6.07, 6.45) is 6.42. The lowest BCUT2D eigenvalue weighted by atomic mass is 9.44. The zero-order chi connectivity index (χ0) is 18.9. The molecule has 0 bridgehead atoms. The van der Waals surface area contributed by atoms with Crippen LogP contribution in [0.1, 0.15) is 72.1 Å². The molecule has 0 aromatic rings. The summed E-state index contributed by atoms with van der Waals surface area (Å²) in [5.41, 5.74) is -0.197. The monoisotopic (exact) mass is 426 g/mol. The Bertz CT molecular complexity index is 636. The maximum Gasteiger partial charge on any atom is 0.302 e. The number of Topliss-reactive ketones (excluding diaryl/α,β-unsaturated/α-hetero) is 1.